The molecule has 2 aliphatic rings. The summed E-state index contributed by atoms with van der Waals surface area (Å²) in [5.41, 5.74) is -0.422. The molecular formula is C11H21NO2. The van der Waals surface area contributed by atoms with Gasteiger partial charge >= 0.3 is 0 Å². The van der Waals surface area contributed by atoms with Crippen LogP contribution < -0.4 is 5.32 Å². The molecule has 0 saturated carbocycles. The highest BCUT2D eigenvalue weighted by Gasteiger charge is 2.40. The fraction of sp³-hybridized carbons (Fsp3) is 1.00. The van der Waals surface area contributed by atoms with Crippen LogP contribution in [0, 0.1) is 5.92 Å². The number of rotatable bonds is 1. The van der Waals surface area contributed by atoms with Gasteiger partial charge < -0.3 is 15.2 Å². The van der Waals surface area contributed by atoms with Gasteiger partial charge in [0.2, 0.25) is 0 Å². The second-order valence-electron chi connectivity index (χ2n) is 4.80. The lowest BCUT2D eigenvalue weighted by atomic mass is 9.74. The Labute approximate surface area is 85.8 Å². The Bertz CT molecular complexity index is 192. The molecule has 0 aromatic carbocycles. The third kappa shape index (κ3) is 2.10. The van der Waals surface area contributed by atoms with E-state index < -0.39 is 5.60 Å². The van der Waals surface area contributed by atoms with Crippen LogP contribution in [0.4, 0.5) is 0 Å². The summed E-state index contributed by atoms with van der Waals surface area (Å²) in [6.07, 6.45) is 3.87. The molecule has 2 atom stereocenters. The highest BCUT2D eigenvalue weighted by atomic mass is 16.5. The normalized spacial score (nSPS) is 41.1. The highest BCUT2D eigenvalue weighted by Crippen LogP contribution is 2.35. The van der Waals surface area contributed by atoms with Crippen molar-refractivity contribution in [3.05, 3.63) is 0 Å². The summed E-state index contributed by atoms with van der Waals surface area (Å²) in [5.74, 6) is 0.459. The van der Waals surface area contributed by atoms with Crippen LogP contribution in [0.25, 0.3) is 0 Å². The first-order valence-corrected chi connectivity index (χ1v) is 5.74. The van der Waals surface area contributed by atoms with Gasteiger partial charge in [0.25, 0.3) is 0 Å². The van der Waals surface area contributed by atoms with Crippen molar-refractivity contribution in [2.75, 3.05) is 19.8 Å². The molecule has 2 heterocycles. The third-order valence-electron chi connectivity index (χ3n) is 3.69. The van der Waals surface area contributed by atoms with Crippen LogP contribution in [0.5, 0.6) is 0 Å². The second-order valence-corrected chi connectivity index (χ2v) is 4.80. The van der Waals surface area contributed by atoms with E-state index in [2.05, 4.69) is 12.2 Å². The molecule has 14 heavy (non-hydrogen) atoms. The van der Waals surface area contributed by atoms with Crippen molar-refractivity contribution in [3.8, 4) is 0 Å². The van der Waals surface area contributed by atoms with Crippen molar-refractivity contribution in [3.63, 3.8) is 0 Å². The van der Waals surface area contributed by atoms with Crippen molar-refractivity contribution in [2.24, 2.45) is 5.92 Å². The fourth-order valence-electron chi connectivity index (χ4n) is 2.85. The van der Waals surface area contributed by atoms with Crippen molar-refractivity contribution in [1.29, 1.82) is 0 Å². The Balaban J connectivity index is 1.98. The Kier molecular flexibility index (Phi) is 3.10. The van der Waals surface area contributed by atoms with Gasteiger partial charge in [0, 0.05) is 19.3 Å². The number of hydrogen-bond acceptors (Lipinski definition) is 3. The third-order valence-corrected chi connectivity index (χ3v) is 3.69. The zero-order valence-corrected chi connectivity index (χ0v) is 8.96. The molecule has 82 valence electrons. The van der Waals surface area contributed by atoms with Gasteiger partial charge in [0.15, 0.2) is 0 Å². The summed E-state index contributed by atoms with van der Waals surface area (Å²) in [6, 6.07) is 0.455. The summed E-state index contributed by atoms with van der Waals surface area (Å²) in [5, 5.41) is 14.0. The lowest BCUT2D eigenvalue weighted by Gasteiger charge is -2.43. The summed E-state index contributed by atoms with van der Waals surface area (Å²) < 4.78 is 5.34. The first-order chi connectivity index (χ1) is 6.71. The number of aliphatic hydroxyl groups is 1. The predicted octanol–water partition coefficient (Wildman–Crippen LogP) is 0.916. The van der Waals surface area contributed by atoms with Gasteiger partial charge in [-0.05, 0) is 45.1 Å². The molecule has 2 unspecified atom stereocenters. The van der Waals surface area contributed by atoms with Gasteiger partial charge in [-0.3, -0.25) is 0 Å². The molecule has 2 saturated heterocycles. The van der Waals surface area contributed by atoms with Crippen LogP contribution in [0.1, 0.15) is 32.6 Å². The number of ether oxygens (including phenoxy) is 1. The maximum absolute atomic E-state index is 10.6. The molecule has 0 spiro atoms. The van der Waals surface area contributed by atoms with Gasteiger partial charge in [-0.15, -0.1) is 0 Å². The molecule has 3 nitrogen and oxygen atoms in total. The molecule has 2 N–H and O–H groups in total. The fourth-order valence-corrected chi connectivity index (χ4v) is 2.85. The SMILES string of the molecule is CC1CC(O)(C2CCOCC2)CCN1. The standard InChI is InChI=1S/C11H21NO2/c1-9-8-11(13,4-5-12-9)10-2-6-14-7-3-10/h9-10,12-13H,2-8H2,1H3. The van der Waals surface area contributed by atoms with Crippen molar-refractivity contribution in [1.82, 2.24) is 5.32 Å². The van der Waals surface area contributed by atoms with Crippen LogP contribution in [0.2, 0.25) is 0 Å². The molecule has 0 amide bonds. The van der Waals surface area contributed by atoms with E-state index in [1.165, 1.54) is 0 Å². The topological polar surface area (TPSA) is 41.5 Å². The molecule has 2 fully saturated rings. The van der Waals surface area contributed by atoms with Crippen molar-refractivity contribution >= 4 is 0 Å². The molecule has 0 bridgehead atoms. The molecule has 3 heteroatoms. The van der Waals surface area contributed by atoms with Crippen molar-refractivity contribution < 1.29 is 9.84 Å². The lowest BCUT2D eigenvalue weighted by Crippen LogP contribution is -2.52. The predicted molar refractivity (Wildman–Crippen MR) is 55.2 cm³/mol. The molecule has 0 radical (unpaired) electrons. The Morgan fingerprint density at radius 2 is 2.07 bits per heavy atom. The summed E-state index contributed by atoms with van der Waals surface area (Å²) in [4.78, 5) is 0. The van der Waals surface area contributed by atoms with Crippen LogP contribution in [-0.2, 0) is 4.74 Å². The summed E-state index contributed by atoms with van der Waals surface area (Å²) in [6.45, 7) is 4.77. The van der Waals surface area contributed by atoms with Gasteiger partial charge in [-0.1, -0.05) is 0 Å². The summed E-state index contributed by atoms with van der Waals surface area (Å²) in [7, 11) is 0. The molecule has 0 aromatic heterocycles. The Morgan fingerprint density at radius 1 is 1.36 bits per heavy atom. The quantitative estimate of drug-likeness (QED) is 0.660. The highest BCUT2D eigenvalue weighted by molar-refractivity contribution is 4.94. The number of piperidine rings is 1. The second kappa shape index (κ2) is 4.17. The lowest BCUT2D eigenvalue weighted by molar-refractivity contribution is -0.0890. The number of hydrogen-bond donors (Lipinski definition) is 2. The average Bonchev–Trinajstić information content (AvgIpc) is 2.19. The smallest absolute Gasteiger partial charge is 0.0704 e. The number of nitrogens with one attached hydrogen (secondary N) is 1. The minimum absolute atomic E-state index is 0.422. The van der Waals surface area contributed by atoms with Crippen LogP contribution in [0.3, 0.4) is 0 Å². The first-order valence-electron chi connectivity index (χ1n) is 5.74. The van der Waals surface area contributed by atoms with E-state index in [-0.39, 0.29) is 0 Å². The minimum atomic E-state index is -0.422. The van der Waals surface area contributed by atoms with Gasteiger partial charge in [0.05, 0.1) is 5.60 Å². The molecule has 2 aliphatic heterocycles. The van der Waals surface area contributed by atoms with E-state index in [4.69, 9.17) is 4.74 Å². The Morgan fingerprint density at radius 3 is 2.71 bits per heavy atom. The zero-order chi connectivity index (χ0) is 10.0. The van der Waals surface area contributed by atoms with E-state index in [9.17, 15) is 5.11 Å². The van der Waals surface area contributed by atoms with Crippen LogP contribution in [-0.4, -0.2) is 36.5 Å². The average molecular weight is 199 g/mol. The largest absolute Gasteiger partial charge is 0.389 e. The molecule has 2 rings (SSSR count). The van der Waals surface area contributed by atoms with Gasteiger partial charge in [-0.25, -0.2) is 0 Å². The van der Waals surface area contributed by atoms with E-state index in [0.717, 1.165) is 45.4 Å². The van der Waals surface area contributed by atoms with Crippen LogP contribution in [0.15, 0.2) is 0 Å². The molecule has 0 aromatic rings. The summed E-state index contributed by atoms with van der Waals surface area (Å²) >= 11 is 0. The zero-order valence-electron chi connectivity index (χ0n) is 8.96. The van der Waals surface area contributed by atoms with E-state index in [1.807, 2.05) is 0 Å². The van der Waals surface area contributed by atoms with E-state index in [0.29, 0.717) is 12.0 Å². The maximum Gasteiger partial charge on any atom is 0.0704 e. The maximum atomic E-state index is 10.6. The molecular weight excluding hydrogens is 178 g/mol. The van der Waals surface area contributed by atoms with Crippen LogP contribution >= 0.6 is 0 Å². The first kappa shape index (κ1) is 10.4. The van der Waals surface area contributed by atoms with Gasteiger partial charge in [-0.2, -0.15) is 0 Å². The Hall–Kier alpha value is -0.120. The van der Waals surface area contributed by atoms with E-state index in [1.54, 1.807) is 0 Å². The van der Waals surface area contributed by atoms with E-state index >= 15 is 0 Å². The monoisotopic (exact) mass is 199 g/mol. The van der Waals surface area contributed by atoms with Gasteiger partial charge in [0.1, 0.15) is 0 Å². The molecule has 0 aliphatic carbocycles. The van der Waals surface area contributed by atoms with Crippen molar-refractivity contribution in [2.45, 2.75) is 44.2 Å². The minimum Gasteiger partial charge on any atom is -0.389 e.